The van der Waals surface area contributed by atoms with E-state index in [4.69, 9.17) is 20.4 Å². The Morgan fingerprint density at radius 2 is 2.22 bits per heavy atom. The maximum Gasteiger partial charge on any atom is 0.261 e. The molecule has 0 fully saturated rings. The Balaban J connectivity index is 0.000000463. The molecule has 0 spiro atoms. The van der Waals surface area contributed by atoms with Gasteiger partial charge in [-0.1, -0.05) is 45.9 Å². The number of benzene rings is 1. The first-order valence-corrected chi connectivity index (χ1v) is 10.2. The van der Waals surface area contributed by atoms with Gasteiger partial charge in [0, 0.05) is 16.1 Å². The highest BCUT2D eigenvalue weighted by Crippen LogP contribution is 2.30. The number of hydrogen-bond donors (Lipinski definition) is 3. The highest BCUT2D eigenvalue weighted by Gasteiger charge is 2.20. The fraction of sp³-hybridized carbons (Fsp3) is 0.357. The SMILES string of the molecule is CS(=O)(=O)O.N=C(N)SCC1COCC=C1c1cccc(Br)c1. The zero-order valence-corrected chi connectivity index (χ0v) is 15.7. The summed E-state index contributed by atoms with van der Waals surface area (Å²) >= 11 is 4.86. The molecule has 0 saturated carbocycles. The highest BCUT2D eigenvalue weighted by molar-refractivity contribution is 9.10. The molecule has 0 amide bonds. The van der Waals surface area contributed by atoms with Crippen LogP contribution < -0.4 is 5.73 Å². The van der Waals surface area contributed by atoms with Gasteiger partial charge in [0.1, 0.15) is 0 Å². The number of hydrogen-bond acceptors (Lipinski definition) is 5. The van der Waals surface area contributed by atoms with E-state index in [1.54, 1.807) is 0 Å². The summed E-state index contributed by atoms with van der Waals surface area (Å²) in [4.78, 5) is 0. The zero-order chi connectivity index (χ0) is 17.5. The Hall–Kier alpha value is -0.870. The largest absolute Gasteiger partial charge is 0.379 e. The molecule has 6 nitrogen and oxygen atoms in total. The lowest BCUT2D eigenvalue weighted by Crippen LogP contribution is -2.21. The minimum atomic E-state index is -3.67. The zero-order valence-electron chi connectivity index (χ0n) is 12.5. The van der Waals surface area contributed by atoms with Gasteiger partial charge in [0.05, 0.1) is 19.5 Å². The molecule has 1 aliphatic rings. The third-order valence-electron chi connectivity index (χ3n) is 2.78. The fourth-order valence-corrected chi connectivity index (χ4v) is 3.02. The lowest BCUT2D eigenvalue weighted by atomic mass is 9.93. The molecule has 1 aromatic rings. The van der Waals surface area contributed by atoms with E-state index in [1.165, 1.54) is 22.9 Å². The van der Waals surface area contributed by atoms with Gasteiger partial charge in [-0.15, -0.1) is 0 Å². The Bertz CT molecular complexity index is 669. The Labute approximate surface area is 148 Å². The summed E-state index contributed by atoms with van der Waals surface area (Å²) in [5.74, 6) is 1.08. The number of rotatable bonds is 3. The number of nitrogens with two attached hydrogens (primary N) is 1. The maximum absolute atomic E-state index is 9.19. The van der Waals surface area contributed by atoms with Gasteiger partial charge in [0.25, 0.3) is 10.1 Å². The van der Waals surface area contributed by atoms with E-state index in [9.17, 15) is 8.42 Å². The van der Waals surface area contributed by atoms with Gasteiger partial charge in [-0.25, -0.2) is 0 Å². The second-order valence-electron chi connectivity index (χ2n) is 4.81. The molecule has 0 saturated heterocycles. The molecule has 0 radical (unpaired) electrons. The third kappa shape index (κ3) is 9.11. The predicted molar refractivity (Wildman–Crippen MR) is 98.3 cm³/mol. The smallest absolute Gasteiger partial charge is 0.261 e. The van der Waals surface area contributed by atoms with Gasteiger partial charge >= 0.3 is 0 Å². The van der Waals surface area contributed by atoms with E-state index in [0.717, 1.165) is 10.2 Å². The molecule has 4 N–H and O–H groups in total. The second-order valence-corrected chi connectivity index (χ2v) is 8.26. The normalized spacial score (nSPS) is 17.7. The van der Waals surface area contributed by atoms with Crippen molar-refractivity contribution in [1.82, 2.24) is 0 Å². The van der Waals surface area contributed by atoms with Crippen LogP contribution in [0.4, 0.5) is 0 Å². The number of thioether (sulfide) groups is 1. The third-order valence-corrected chi connectivity index (χ3v) is 4.15. The maximum atomic E-state index is 9.19. The Morgan fingerprint density at radius 1 is 1.57 bits per heavy atom. The van der Waals surface area contributed by atoms with Crippen molar-refractivity contribution in [1.29, 1.82) is 5.41 Å². The van der Waals surface area contributed by atoms with Crippen molar-refractivity contribution in [3.8, 4) is 0 Å². The molecule has 1 heterocycles. The van der Waals surface area contributed by atoms with E-state index >= 15 is 0 Å². The van der Waals surface area contributed by atoms with Crippen molar-refractivity contribution < 1.29 is 17.7 Å². The van der Waals surface area contributed by atoms with Crippen LogP contribution >= 0.6 is 27.7 Å². The van der Waals surface area contributed by atoms with Crippen LogP contribution in [-0.2, 0) is 14.9 Å². The molecule has 1 aromatic carbocycles. The van der Waals surface area contributed by atoms with Crippen molar-refractivity contribution in [3.05, 3.63) is 40.4 Å². The van der Waals surface area contributed by atoms with E-state index in [1.807, 2.05) is 12.1 Å². The van der Waals surface area contributed by atoms with Gasteiger partial charge in [-0.2, -0.15) is 8.42 Å². The van der Waals surface area contributed by atoms with Crippen molar-refractivity contribution >= 4 is 48.6 Å². The molecule has 0 bridgehead atoms. The molecule has 1 unspecified atom stereocenters. The molecule has 1 atom stereocenters. The van der Waals surface area contributed by atoms with Crippen molar-refractivity contribution in [3.63, 3.8) is 0 Å². The lowest BCUT2D eigenvalue weighted by Gasteiger charge is -2.24. The van der Waals surface area contributed by atoms with Crippen LogP contribution in [0.5, 0.6) is 0 Å². The van der Waals surface area contributed by atoms with Gasteiger partial charge in [0.2, 0.25) is 0 Å². The predicted octanol–water partition coefficient (Wildman–Crippen LogP) is 2.61. The van der Waals surface area contributed by atoms with Crippen LogP contribution in [0.1, 0.15) is 5.56 Å². The number of amidine groups is 1. The first-order valence-electron chi connectivity index (χ1n) is 6.60. The van der Waals surface area contributed by atoms with Crippen molar-refractivity contribution in [2.75, 3.05) is 25.2 Å². The molecule has 9 heteroatoms. The van der Waals surface area contributed by atoms with Crippen LogP contribution in [0.25, 0.3) is 5.57 Å². The quantitative estimate of drug-likeness (QED) is 0.391. The summed E-state index contributed by atoms with van der Waals surface area (Å²) in [6.07, 6.45) is 2.84. The van der Waals surface area contributed by atoms with Crippen LogP contribution in [0.2, 0.25) is 0 Å². The highest BCUT2D eigenvalue weighted by atomic mass is 79.9. The molecular weight excluding hydrogens is 404 g/mol. The monoisotopic (exact) mass is 422 g/mol. The van der Waals surface area contributed by atoms with Crippen LogP contribution in [-0.4, -0.2) is 43.4 Å². The average molecular weight is 423 g/mol. The average Bonchev–Trinajstić information content (AvgIpc) is 2.43. The van der Waals surface area contributed by atoms with E-state index in [-0.39, 0.29) is 5.17 Å². The lowest BCUT2D eigenvalue weighted by molar-refractivity contribution is 0.137. The van der Waals surface area contributed by atoms with Crippen LogP contribution in [0.3, 0.4) is 0 Å². The summed E-state index contributed by atoms with van der Waals surface area (Å²) in [5, 5.41) is 7.45. The van der Waals surface area contributed by atoms with Gasteiger partial charge < -0.3 is 10.5 Å². The number of halogens is 1. The van der Waals surface area contributed by atoms with Gasteiger partial charge in [0.15, 0.2) is 5.17 Å². The molecule has 1 aliphatic heterocycles. The summed E-state index contributed by atoms with van der Waals surface area (Å²) < 4.78 is 32.4. The molecule has 0 aliphatic carbocycles. The summed E-state index contributed by atoms with van der Waals surface area (Å²) in [6, 6.07) is 8.27. The molecule has 128 valence electrons. The number of ether oxygens (including phenoxy) is 1. The first kappa shape index (κ1) is 20.2. The minimum absolute atomic E-state index is 0.161. The number of nitrogens with one attached hydrogen (secondary N) is 1. The second kappa shape index (κ2) is 9.43. The van der Waals surface area contributed by atoms with E-state index in [0.29, 0.717) is 25.4 Å². The minimum Gasteiger partial charge on any atom is -0.379 e. The molecular formula is C14H19BrN2O4S2. The molecule has 0 aromatic heterocycles. The summed E-state index contributed by atoms with van der Waals surface area (Å²) in [6.45, 7) is 1.35. The van der Waals surface area contributed by atoms with E-state index in [2.05, 4.69) is 34.1 Å². The summed E-state index contributed by atoms with van der Waals surface area (Å²) in [5.41, 5.74) is 7.89. The molecule has 23 heavy (non-hydrogen) atoms. The standard InChI is InChI=1S/C13H15BrN2OS.CH4O3S/c14-11-3-1-2-9(6-11)12-4-5-17-7-10(12)8-18-13(15)16;1-5(2,3)4/h1-4,6,10H,5,7-8H2,(H3,15,16);1H3,(H,2,3,4). The topological polar surface area (TPSA) is 113 Å². The molecule has 2 rings (SSSR count). The summed E-state index contributed by atoms with van der Waals surface area (Å²) in [7, 11) is -3.67. The van der Waals surface area contributed by atoms with Crippen LogP contribution in [0, 0.1) is 11.3 Å². The van der Waals surface area contributed by atoms with Crippen LogP contribution in [0.15, 0.2) is 34.8 Å². The fourth-order valence-electron chi connectivity index (χ4n) is 1.97. The Morgan fingerprint density at radius 3 is 2.78 bits per heavy atom. The van der Waals surface area contributed by atoms with E-state index < -0.39 is 10.1 Å². The van der Waals surface area contributed by atoms with Crippen molar-refractivity contribution in [2.24, 2.45) is 11.7 Å². The first-order chi connectivity index (χ1) is 10.7. The van der Waals surface area contributed by atoms with Gasteiger partial charge in [-0.3, -0.25) is 9.96 Å². The van der Waals surface area contributed by atoms with Crippen molar-refractivity contribution in [2.45, 2.75) is 0 Å². The Kier molecular flexibility index (Phi) is 8.27. The van der Waals surface area contributed by atoms with Gasteiger partial charge in [-0.05, 0) is 23.3 Å².